The fraction of sp³-hybridized carbons (Fsp3) is 0.786. The van der Waals surface area contributed by atoms with Crippen LogP contribution in [-0.2, 0) is 0 Å². The molecule has 2 heterocycles. The Morgan fingerprint density at radius 2 is 2.16 bits per heavy atom. The van der Waals surface area contributed by atoms with Crippen molar-refractivity contribution >= 4 is 16.5 Å². The summed E-state index contributed by atoms with van der Waals surface area (Å²) in [7, 11) is 0. The van der Waals surface area contributed by atoms with Gasteiger partial charge >= 0.3 is 0 Å². The number of piperidine rings is 1. The molecule has 1 aromatic rings. The monoisotopic (exact) mass is 281 g/mol. The highest BCUT2D eigenvalue weighted by Crippen LogP contribution is 2.26. The lowest BCUT2D eigenvalue weighted by Gasteiger charge is -2.33. The van der Waals surface area contributed by atoms with Crippen molar-refractivity contribution in [3.8, 4) is 0 Å². The maximum Gasteiger partial charge on any atom is 0.185 e. The Kier molecular flexibility index (Phi) is 4.35. The van der Waals surface area contributed by atoms with Crippen molar-refractivity contribution in [2.45, 2.75) is 44.2 Å². The highest BCUT2D eigenvalue weighted by atomic mass is 32.1. The van der Waals surface area contributed by atoms with Crippen LogP contribution in [0.4, 0.5) is 5.13 Å². The minimum Gasteiger partial charge on any atom is -0.393 e. The second-order valence-electron chi connectivity index (χ2n) is 5.74. The molecule has 3 rings (SSSR count). The van der Waals surface area contributed by atoms with Gasteiger partial charge in [0.05, 0.1) is 6.10 Å². The molecule has 1 aliphatic carbocycles. The highest BCUT2D eigenvalue weighted by Gasteiger charge is 2.26. The molecule has 1 aliphatic heterocycles. The minimum atomic E-state index is -0.0668. The van der Waals surface area contributed by atoms with Crippen LogP contribution in [0.2, 0.25) is 0 Å². The van der Waals surface area contributed by atoms with Gasteiger partial charge in [-0.3, -0.25) is 0 Å². The average molecular weight is 281 g/mol. The molecule has 0 unspecified atom stereocenters. The topological polar surface area (TPSA) is 48.4 Å². The molecule has 1 aromatic heterocycles. The number of aliphatic hydroxyl groups is 1. The van der Waals surface area contributed by atoms with Crippen molar-refractivity contribution in [2.75, 3.05) is 24.5 Å². The number of nitrogens with zero attached hydrogens (tertiary/aromatic N) is 2. The summed E-state index contributed by atoms with van der Waals surface area (Å²) in [6.07, 6.45) is 7.55. The van der Waals surface area contributed by atoms with E-state index in [1.54, 1.807) is 11.3 Å². The van der Waals surface area contributed by atoms with E-state index < -0.39 is 0 Å². The smallest absolute Gasteiger partial charge is 0.185 e. The summed E-state index contributed by atoms with van der Waals surface area (Å²) < 4.78 is 0. The summed E-state index contributed by atoms with van der Waals surface area (Å²) in [5.41, 5.74) is 0. The van der Waals surface area contributed by atoms with Gasteiger partial charge in [0.2, 0.25) is 0 Å². The van der Waals surface area contributed by atoms with Gasteiger partial charge in [0.25, 0.3) is 0 Å². The first-order valence-corrected chi connectivity index (χ1v) is 8.27. The third-order valence-corrected chi connectivity index (χ3v) is 5.30. The highest BCUT2D eigenvalue weighted by molar-refractivity contribution is 7.13. The third-order valence-electron chi connectivity index (χ3n) is 4.47. The molecule has 19 heavy (non-hydrogen) atoms. The van der Waals surface area contributed by atoms with Crippen molar-refractivity contribution in [2.24, 2.45) is 5.92 Å². The minimum absolute atomic E-state index is 0.0668. The summed E-state index contributed by atoms with van der Waals surface area (Å²) in [4.78, 5) is 6.76. The molecule has 2 fully saturated rings. The number of nitrogens with one attached hydrogen (secondary N) is 1. The number of rotatable bonds is 4. The number of hydrogen-bond acceptors (Lipinski definition) is 5. The van der Waals surface area contributed by atoms with E-state index in [1.807, 2.05) is 11.6 Å². The van der Waals surface area contributed by atoms with Crippen LogP contribution in [-0.4, -0.2) is 41.9 Å². The molecule has 2 aliphatic rings. The summed E-state index contributed by atoms with van der Waals surface area (Å²) >= 11 is 1.73. The Balaban J connectivity index is 1.41. The molecular formula is C14H23N3OS. The fourth-order valence-corrected chi connectivity index (χ4v) is 3.92. The molecule has 1 saturated carbocycles. The molecular weight excluding hydrogens is 258 g/mol. The first-order chi connectivity index (χ1) is 9.33. The van der Waals surface area contributed by atoms with Gasteiger partial charge in [0, 0.05) is 37.3 Å². The second-order valence-corrected chi connectivity index (χ2v) is 6.62. The van der Waals surface area contributed by atoms with Gasteiger partial charge in [-0.1, -0.05) is 6.42 Å². The zero-order valence-corrected chi connectivity index (χ0v) is 12.1. The Labute approximate surface area is 118 Å². The van der Waals surface area contributed by atoms with Crippen molar-refractivity contribution in [3.63, 3.8) is 0 Å². The van der Waals surface area contributed by atoms with Gasteiger partial charge in [-0.05, 0) is 31.6 Å². The fourth-order valence-electron chi connectivity index (χ4n) is 3.22. The summed E-state index contributed by atoms with van der Waals surface area (Å²) in [6, 6.07) is 0.615. The molecule has 2 atom stereocenters. The number of aromatic nitrogens is 1. The number of thiazole rings is 1. The molecule has 106 valence electrons. The Morgan fingerprint density at radius 3 is 2.79 bits per heavy atom. The molecule has 0 amide bonds. The standard InChI is InChI=1S/C14H23N3OS/c18-13-3-1-2-11(13)10-16-12-4-7-17(8-5-12)14-15-6-9-19-14/h6,9,11-13,16,18H,1-5,7-8,10H2/t11-,13+/m1/s1. The van der Waals surface area contributed by atoms with Crippen molar-refractivity contribution in [3.05, 3.63) is 11.6 Å². The van der Waals surface area contributed by atoms with Crippen molar-refractivity contribution < 1.29 is 5.11 Å². The van der Waals surface area contributed by atoms with Crippen LogP contribution in [0, 0.1) is 5.92 Å². The van der Waals surface area contributed by atoms with Gasteiger partial charge in [-0.15, -0.1) is 11.3 Å². The maximum absolute atomic E-state index is 9.83. The summed E-state index contributed by atoms with van der Waals surface area (Å²) in [5, 5.41) is 16.7. The van der Waals surface area contributed by atoms with Crippen LogP contribution in [0.15, 0.2) is 11.6 Å². The van der Waals surface area contributed by atoms with Crippen LogP contribution in [0.5, 0.6) is 0 Å². The predicted molar refractivity (Wildman–Crippen MR) is 78.7 cm³/mol. The van der Waals surface area contributed by atoms with E-state index in [0.717, 1.165) is 31.2 Å². The molecule has 0 spiro atoms. The molecule has 0 bridgehead atoms. The number of hydrogen-bond donors (Lipinski definition) is 2. The number of aliphatic hydroxyl groups excluding tert-OH is 1. The Morgan fingerprint density at radius 1 is 1.32 bits per heavy atom. The van der Waals surface area contributed by atoms with Crippen LogP contribution >= 0.6 is 11.3 Å². The van der Waals surface area contributed by atoms with Crippen molar-refractivity contribution in [1.29, 1.82) is 0 Å². The Bertz CT molecular complexity index is 376. The average Bonchev–Trinajstić information content (AvgIpc) is 3.09. The van der Waals surface area contributed by atoms with Crippen molar-refractivity contribution in [1.82, 2.24) is 10.3 Å². The first-order valence-electron chi connectivity index (χ1n) is 7.39. The van der Waals surface area contributed by atoms with Gasteiger partial charge in [0.15, 0.2) is 5.13 Å². The van der Waals surface area contributed by atoms with E-state index in [1.165, 1.54) is 25.7 Å². The molecule has 0 aromatic carbocycles. The predicted octanol–water partition coefficient (Wildman–Crippen LogP) is 1.86. The van der Waals surface area contributed by atoms with E-state index in [2.05, 4.69) is 15.2 Å². The molecule has 5 heteroatoms. The van der Waals surface area contributed by atoms with E-state index in [4.69, 9.17) is 0 Å². The lowest BCUT2D eigenvalue weighted by atomic mass is 10.0. The van der Waals surface area contributed by atoms with Crippen LogP contribution < -0.4 is 10.2 Å². The lowest BCUT2D eigenvalue weighted by molar-refractivity contribution is 0.129. The summed E-state index contributed by atoms with van der Waals surface area (Å²) in [6.45, 7) is 3.18. The lowest BCUT2D eigenvalue weighted by Crippen LogP contribution is -2.44. The third kappa shape index (κ3) is 3.27. The van der Waals surface area contributed by atoms with Gasteiger partial charge in [0.1, 0.15) is 0 Å². The Hall–Kier alpha value is -0.650. The van der Waals surface area contributed by atoms with E-state index >= 15 is 0 Å². The van der Waals surface area contributed by atoms with Crippen LogP contribution in [0.3, 0.4) is 0 Å². The first kappa shape index (κ1) is 13.3. The number of anilines is 1. The zero-order chi connectivity index (χ0) is 13.1. The molecule has 1 saturated heterocycles. The molecule has 0 radical (unpaired) electrons. The largest absolute Gasteiger partial charge is 0.393 e. The van der Waals surface area contributed by atoms with E-state index in [9.17, 15) is 5.11 Å². The van der Waals surface area contributed by atoms with Crippen LogP contribution in [0.25, 0.3) is 0 Å². The SMILES string of the molecule is O[C@H]1CCC[C@@H]1CNC1CCN(c2nccs2)CC1. The van der Waals surface area contributed by atoms with E-state index in [0.29, 0.717) is 12.0 Å². The van der Waals surface area contributed by atoms with Gasteiger partial charge in [-0.2, -0.15) is 0 Å². The molecule has 2 N–H and O–H groups in total. The van der Waals surface area contributed by atoms with Gasteiger partial charge < -0.3 is 15.3 Å². The zero-order valence-electron chi connectivity index (χ0n) is 11.3. The van der Waals surface area contributed by atoms with E-state index in [-0.39, 0.29) is 6.10 Å². The van der Waals surface area contributed by atoms with Gasteiger partial charge in [-0.25, -0.2) is 4.98 Å². The second kappa shape index (κ2) is 6.20. The molecule has 4 nitrogen and oxygen atoms in total. The van der Waals surface area contributed by atoms with Crippen LogP contribution in [0.1, 0.15) is 32.1 Å². The maximum atomic E-state index is 9.83. The quantitative estimate of drug-likeness (QED) is 0.884. The normalized spacial score (nSPS) is 29.0. The summed E-state index contributed by atoms with van der Waals surface area (Å²) in [5.74, 6) is 0.483.